The first-order valence-electron chi connectivity index (χ1n) is 6.67. The number of hydrogen-bond donors (Lipinski definition) is 2. The minimum Gasteiger partial charge on any atom is -0.493 e. The van der Waals surface area contributed by atoms with Crippen LogP contribution in [0.3, 0.4) is 0 Å². The Balaban J connectivity index is 2.34. The maximum atomic E-state index is 5.86. The fourth-order valence-electron chi connectivity index (χ4n) is 2.38. The number of rotatable bonds is 3. The van der Waals surface area contributed by atoms with Gasteiger partial charge in [-0.05, 0) is 18.2 Å². The number of ether oxygens (including phenoxy) is 2. The molecule has 4 N–H and O–H groups in total. The van der Waals surface area contributed by atoms with Crippen molar-refractivity contribution in [3.8, 4) is 22.8 Å². The van der Waals surface area contributed by atoms with Crippen molar-refractivity contribution in [1.29, 1.82) is 0 Å². The molecule has 0 aliphatic heterocycles. The highest BCUT2D eigenvalue weighted by Gasteiger charge is 2.13. The van der Waals surface area contributed by atoms with Crippen LogP contribution < -0.4 is 20.9 Å². The molecule has 3 rings (SSSR count). The van der Waals surface area contributed by atoms with Gasteiger partial charge in [0.25, 0.3) is 0 Å². The van der Waals surface area contributed by atoms with Gasteiger partial charge in [0.15, 0.2) is 11.5 Å². The molecule has 0 fully saturated rings. The van der Waals surface area contributed by atoms with Gasteiger partial charge in [-0.15, -0.1) is 0 Å². The number of methoxy groups -OCH3 is 2. The van der Waals surface area contributed by atoms with E-state index < -0.39 is 0 Å². The van der Waals surface area contributed by atoms with Crippen molar-refractivity contribution in [3.63, 3.8) is 0 Å². The Morgan fingerprint density at radius 1 is 0.909 bits per heavy atom. The number of aromatic nitrogens is 2. The molecule has 0 bridgehead atoms. The number of anilines is 2. The zero-order chi connectivity index (χ0) is 15.7. The number of nitrogens with two attached hydrogens (primary N) is 2. The maximum Gasteiger partial charge on any atom is 0.221 e. The molecule has 6 heteroatoms. The zero-order valence-corrected chi connectivity index (χ0v) is 12.3. The molecular formula is C16H16N4O2. The Bertz CT molecular complexity index is 849. The summed E-state index contributed by atoms with van der Waals surface area (Å²) in [5, 5.41) is 0.817. The Hall–Kier alpha value is -3.02. The summed E-state index contributed by atoms with van der Waals surface area (Å²) in [4.78, 5) is 8.63. The van der Waals surface area contributed by atoms with E-state index in [-0.39, 0.29) is 5.95 Å². The van der Waals surface area contributed by atoms with Gasteiger partial charge in [0.1, 0.15) is 0 Å². The molecule has 0 aliphatic carbocycles. The fourth-order valence-corrected chi connectivity index (χ4v) is 2.38. The molecule has 0 saturated heterocycles. The summed E-state index contributed by atoms with van der Waals surface area (Å²) in [6, 6.07) is 11.1. The van der Waals surface area contributed by atoms with Gasteiger partial charge < -0.3 is 20.9 Å². The Labute approximate surface area is 127 Å². The van der Waals surface area contributed by atoms with Gasteiger partial charge in [0.2, 0.25) is 5.95 Å². The monoisotopic (exact) mass is 296 g/mol. The number of nitrogens with zero attached hydrogens (tertiary/aromatic N) is 2. The molecule has 2 aromatic carbocycles. The van der Waals surface area contributed by atoms with Crippen LogP contribution in [0.15, 0.2) is 36.4 Å². The SMILES string of the molecule is COc1cc2nc(N)nc(-c3cccc(N)c3)c2cc1OC. The Kier molecular flexibility index (Phi) is 3.42. The molecular weight excluding hydrogens is 280 g/mol. The van der Waals surface area contributed by atoms with Crippen LogP contribution in [0, 0.1) is 0 Å². The predicted molar refractivity (Wildman–Crippen MR) is 86.9 cm³/mol. The maximum absolute atomic E-state index is 5.86. The highest BCUT2D eigenvalue weighted by atomic mass is 16.5. The van der Waals surface area contributed by atoms with Crippen molar-refractivity contribution in [2.24, 2.45) is 0 Å². The van der Waals surface area contributed by atoms with Crippen LogP contribution in [0.2, 0.25) is 0 Å². The standard InChI is InChI=1S/C16H16N4O2/c1-21-13-7-11-12(8-14(13)22-2)19-16(18)20-15(11)9-4-3-5-10(17)6-9/h3-8H,17H2,1-2H3,(H2,18,19,20). The van der Waals surface area contributed by atoms with Crippen molar-refractivity contribution in [2.75, 3.05) is 25.7 Å². The van der Waals surface area contributed by atoms with E-state index >= 15 is 0 Å². The van der Waals surface area contributed by atoms with Crippen molar-refractivity contribution in [3.05, 3.63) is 36.4 Å². The second-order valence-electron chi connectivity index (χ2n) is 4.78. The number of nitrogen functional groups attached to an aromatic ring is 2. The van der Waals surface area contributed by atoms with Crippen molar-refractivity contribution >= 4 is 22.5 Å². The second kappa shape index (κ2) is 5.40. The lowest BCUT2D eigenvalue weighted by atomic mass is 10.1. The second-order valence-corrected chi connectivity index (χ2v) is 4.78. The first-order valence-corrected chi connectivity index (χ1v) is 6.67. The number of benzene rings is 2. The summed E-state index contributed by atoms with van der Waals surface area (Å²) in [5.41, 5.74) is 14.6. The van der Waals surface area contributed by atoms with Crippen molar-refractivity contribution in [1.82, 2.24) is 9.97 Å². The van der Waals surface area contributed by atoms with Crippen LogP contribution in [-0.4, -0.2) is 24.2 Å². The molecule has 112 valence electrons. The molecule has 0 radical (unpaired) electrons. The third kappa shape index (κ3) is 2.35. The third-order valence-electron chi connectivity index (χ3n) is 3.38. The van der Waals surface area contributed by atoms with E-state index in [9.17, 15) is 0 Å². The van der Waals surface area contributed by atoms with Crippen LogP contribution in [0.4, 0.5) is 11.6 Å². The van der Waals surface area contributed by atoms with Crippen molar-refractivity contribution < 1.29 is 9.47 Å². The van der Waals surface area contributed by atoms with E-state index in [1.165, 1.54) is 0 Å². The zero-order valence-electron chi connectivity index (χ0n) is 12.3. The van der Waals surface area contributed by atoms with E-state index in [0.717, 1.165) is 10.9 Å². The molecule has 3 aromatic rings. The van der Waals surface area contributed by atoms with Crippen LogP contribution in [0.1, 0.15) is 0 Å². The Morgan fingerprint density at radius 2 is 1.64 bits per heavy atom. The minimum atomic E-state index is 0.192. The molecule has 0 aliphatic rings. The highest BCUT2D eigenvalue weighted by Crippen LogP contribution is 2.36. The van der Waals surface area contributed by atoms with E-state index in [4.69, 9.17) is 20.9 Å². The minimum absolute atomic E-state index is 0.192. The van der Waals surface area contributed by atoms with Gasteiger partial charge in [-0.1, -0.05) is 12.1 Å². The summed E-state index contributed by atoms with van der Waals surface area (Å²) >= 11 is 0. The third-order valence-corrected chi connectivity index (χ3v) is 3.38. The summed E-state index contributed by atoms with van der Waals surface area (Å²) in [6.07, 6.45) is 0. The van der Waals surface area contributed by atoms with Crippen molar-refractivity contribution in [2.45, 2.75) is 0 Å². The highest BCUT2D eigenvalue weighted by molar-refractivity contribution is 5.95. The lowest BCUT2D eigenvalue weighted by Gasteiger charge is -2.12. The molecule has 1 heterocycles. The molecule has 0 unspecified atom stereocenters. The van der Waals surface area contributed by atoms with Gasteiger partial charge in [-0.3, -0.25) is 0 Å². The topological polar surface area (TPSA) is 96.3 Å². The summed E-state index contributed by atoms with van der Waals surface area (Å²) in [5.74, 6) is 1.39. The molecule has 22 heavy (non-hydrogen) atoms. The molecule has 0 atom stereocenters. The quantitative estimate of drug-likeness (QED) is 0.721. The average molecular weight is 296 g/mol. The fraction of sp³-hybridized carbons (Fsp3) is 0.125. The lowest BCUT2D eigenvalue weighted by Crippen LogP contribution is -2.00. The van der Waals surface area contributed by atoms with E-state index in [1.54, 1.807) is 20.3 Å². The van der Waals surface area contributed by atoms with E-state index in [0.29, 0.717) is 28.4 Å². The molecule has 0 saturated carbocycles. The predicted octanol–water partition coefficient (Wildman–Crippen LogP) is 2.48. The Morgan fingerprint density at radius 3 is 2.32 bits per heavy atom. The van der Waals surface area contributed by atoms with Gasteiger partial charge in [0.05, 0.1) is 25.4 Å². The molecule has 0 amide bonds. The normalized spacial score (nSPS) is 10.6. The van der Waals surface area contributed by atoms with Crippen LogP contribution >= 0.6 is 0 Å². The summed E-state index contributed by atoms with van der Waals surface area (Å²) in [7, 11) is 3.16. The number of hydrogen-bond acceptors (Lipinski definition) is 6. The largest absolute Gasteiger partial charge is 0.493 e. The lowest BCUT2D eigenvalue weighted by molar-refractivity contribution is 0.356. The molecule has 0 spiro atoms. The number of fused-ring (bicyclic) bond motifs is 1. The summed E-state index contributed by atoms with van der Waals surface area (Å²) in [6.45, 7) is 0. The molecule has 6 nitrogen and oxygen atoms in total. The summed E-state index contributed by atoms with van der Waals surface area (Å²) < 4.78 is 10.7. The van der Waals surface area contributed by atoms with Gasteiger partial charge in [-0.2, -0.15) is 0 Å². The first kappa shape index (κ1) is 13.9. The van der Waals surface area contributed by atoms with Crippen LogP contribution in [-0.2, 0) is 0 Å². The first-order chi connectivity index (χ1) is 10.6. The van der Waals surface area contributed by atoms with E-state index in [2.05, 4.69) is 9.97 Å². The van der Waals surface area contributed by atoms with E-state index in [1.807, 2.05) is 30.3 Å². The molecule has 1 aromatic heterocycles. The van der Waals surface area contributed by atoms with Gasteiger partial charge in [-0.25, -0.2) is 9.97 Å². The average Bonchev–Trinajstić information content (AvgIpc) is 2.52. The smallest absolute Gasteiger partial charge is 0.221 e. The van der Waals surface area contributed by atoms with Gasteiger partial charge in [0, 0.05) is 22.7 Å². The van der Waals surface area contributed by atoms with Gasteiger partial charge >= 0.3 is 0 Å². The van der Waals surface area contributed by atoms with Crippen LogP contribution in [0.5, 0.6) is 11.5 Å². The van der Waals surface area contributed by atoms with Crippen LogP contribution in [0.25, 0.3) is 22.2 Å².